The molecule has 0 aliphatic heterocycles. The monoisotopic (exact) mass is 820 g/mol. The quantitative estimate of drug-likeness (QED) is 0.162. The van der Waals surface area contributed by atoms with E-state index < -0.39 is 11.7 Å². The van der Waals surface area contributed by atoms with Crippen molar-refractivity contribution in [1.82, 2.24) is 19.1 Å². The summed E-state index contributed by atoms with van der Waals surface area (Å²) in [6.45, 7) is 1.68. The zero-order valence-corrected chi connectivity index (χ0v) is 33.9. The first-order valence-corrected chi connectivity index (χ1v) is 20.9. The average molecular weight is 821 g/mol. The molecule has 9 aromatic carbocycles. The lowest BCUT2D eigenvalue weighted by molar-refractivity contribution is -0.137. The highest BCUT2D eigenvalue weighted by atomic mass is 19.4. The van der Waals surface area contributed by atoms with Crippen molar-refractivity contribution in [2.24, 2.45) is 0 Å². The van der Waals surface area contributed by atoms with Crippen molar-refractivity contribution < 1.29 is 13.2 Å². The van der Waals surface area contributed by atoms with Crippen molar-refractivity contribution in [3.8, 4) is 45.1 Å². The van der Waals surface area contributed by atoms with E-state index in [0.29, 0.717) is 33.5 Å². The van der Waals surface area contributed by atoms with Crippen molar-refractivity contribution in [2.45, 2.75) is 13.1 Å². The standard InChI is InChI=1S/C56H35F3N4/c1-34-31-37(33-38(32-34)56(57,58)59)53-46-30-27-35-13-5-6-16-41(35)54(46)61-55(60-53)36-25-28-40(29-26-36)63-48-22-10-8-18-45(48)52-43(20-12-24-50(52)63)42-19-11-23-49-51(42)44-17-7-9-21-47(44)62(49)39-14-3-2-4-15-39/h2-33H,1H3. The Bertz CT molecular complexity index is 3790. The maximum absolute atomic E-state index is 14.1. The molecular formula is C56H35F3N4. The number of aromatic nitrogens is 4. The summed E-state index contributed by atoms with van der Waals surface area (Å²) in [7, 11) is 0. The van der Waals surface area contributed by atoms with Gasteiger partial charge in [0.2, 0.25) is 0 Å². The van der Waals surface area contributed by atoms with Gasteiger partial charge < -0.3 is 9.13 Å². The molecule has 0 spiro atoms. The Balaban J connectivity index is 1.04. The Hall–Kier alpha value is -8.03. The summed E-state index contributed by atoms with van der Waals surface area (Å²) in [6.07, 6.45) is -4.50. The van der Waals surface area contributed by atoms with Gasteiger partial charge in [0, 0.05) is 54.8 Å². The highest BCUT2D eigenvalue weighted by Gasteiger charge is 2.31. The van der Waals surface area contributed by atoms with Gasteiger partial charge in [0.1, 0.15) is 0 Å². The molecule has 63 heavy (non-hydrogen) atoms. The average Bonchev–Trinajstić information content (AvgIpc) is 3.84. The number of aryl methyl sites for hydroxylation is 1. The molecule has 0 aliphatic carbocycles. The molecule has 300 valence electrons. The van der Waals surface area contributed by atoms with Crippen molar-refractivity contribution >= 4 is 65.3 Å². The van der Waals surface area contributed by atoms with E-state index in [1.807, 2.05) is 54.6 Å². The van der Waals surface area contributed by atoms with Gasteiger partial charge in [0.15, 0.2) is 5.82 Å². The van der Waals surface area contributed by atoms with E-state index in [-0.39, 0.29) is 0 Å². The minimum Gasteiger partial charge on any atom is -0.309 e. The number of hydrogen-bond acceptors (Lipinski definition) is 2. The summed E-state index contributed by atoms with van der Waals surface area (Å²) in [4.78, 5) is 10.1. The predicted octanol–water partition coefficient (Wildman–Crippen LogP) is 15.3. The third-order valence-electron chi connectivity index (χ3n) is 12.4. The Morgan fingerprint density at radius 1 is 0.429 bits per heavy atom. The summed E-state index contributed by atoms with van der Waals surface area (Å²) in [5, 5.41) is 7.27. The molecule has 4 nitrogen and oxygen atoms in total. The van der Waals surface area contributed by atoms with Crippen LogP contribution in [0.5, 0.6) is 0 Å². The summed E-state index contributed by atoms with van der Waals surface area (Å²) in [5.41, 5.74) is 10.9. The van der Waals surface area contributed by atoms with Crippen LogP contribution in [0.4, 0.5) is 13.2 Å². The van der Waals surface area contributed by atoms with Gasteiger partial charge in [0.25, 0.3) is 0 Å². The lowest BCUT2D eigenvalue weighted by atomic mass is 9.95. The van der Waals surface area contributed by atoms with Gasteiger partial charge >= 0.3 is 6.18 Å². The molecule has 0 bridgehead atoms. The van der Waals surface area contributed by atoms with E-state index in [4.69, 9.17) is 9.97 Å². The van der Waals surface area contributed by atoms with E-state index in [0.717, 1.165) is 71.7 Å². The molecule has 0 aliphatic rings. The number of hydrogen-bond donors (Lipinski definition) is 0. The lowest BCUT2D eigenvalue weighted by Gasteiger charge is -2.14. The molecule has 12 aromatic rings. The Kier molecular flexibility index (Phi) is 8.18. The fourth-order valence-corrected chi connectivity index (χ4v) is 9.68. The van der Waals surface area contributed by atoms with Crippen LogP contribution in [-0.2, 0) is 6.18 Å². The summed E-state index contributed by atoms with van der Waals surface area (Å²) in [5.74, 6) is 0.433. The second kappa shape index (κ2) is 14.0. The van der Waals surface area contributed by atoms with E-state index in [9.17, 15) is 13.2 Å². The molecule has 3 heterocycles. The van der Waals surface area contributed by atoms with Gasteiger partial charge in [-0.25, -0.2) is 9.97 Å². The summed E-state index contributed by atoms with van der Waals surface area (Å²) < 4.78 is 47.0. The zero-order valence-electron chi connectivity index (χ0n) is 33.9. The van der Waals surface area contributed by atoms with Gasteiger partial charge in [0.05, 0.1) is 38.8 Å². The smallest absolute Gasteiger partial charge is 0.309 e. The number of alkyl halides is 3. The maximum atomic E-state index is 14.1. The van der Waals surface area contributed by atoms with E-state index >= 15 is 0 Å². The van der Waals surface area contributed by atoms with Crippen LogP contribution in [0.15, 0.2) is 194 Å². The van der Waals surface area contributed by atoms with Crippen LogP contribution in [0.25, 0.3) is 110 Å². The Morgan fingerprint density at radius 2 is 0.984 bits per heavy atom. The van der Waals surface area contributed by atoms with Gasteiger partial charge in [-0.15, -0.1) is 0 Å². The topological polar surface area (TPSA) is 35.6 Å². The van der Waals surface area contributed by atoms with Crippen LogP contribution in [0.3, 0.4) is 0 Å². The highest BCUT2D eigenvalue weighted by Crippen LogP contribution is 2.44. The van der Waals surface area contributed by atoms with Gasteiger partial charge in [-0.05, 0) is 114 Å². The SMILES string of the molecule is Cc1cc(-c2nc(-c3ccc(-n4c5ccccc5c5c(-c6cccc7c6c6ccccc6n7-c6ccccc6)cccc54)cc3)nc3c2ccc2ccccc23)cc(C(F)(F)F)c1. The fourth-order valence-electron chi connectivity index (χ4n) is 9.68. The highest BCUT2D eigenvalue weighted by molar-refractivity contribution is 6.22. The van der Waals surface area contributed by atoms with Crippen LogP contribution in [0.2, 0.25) is 0 Å². The number of benzene rings is 9. The number of fused-ring (bicyclic) bond motifs is 9. The van der Waals surface area contributed by atoms with Crippen LogP contribution in [0.1, 0.15) is 11.1 Å². The van der Waals surface area contributed by atoms with Crippen molar-refractivity contribution in [3.63, 3.8) is 0 Å². The van der Waals surface area contributed by atoms with E-state index in [1.54, 1.807) is 13.0 Å². The molecule has 0 N–H and O–H groups in total. The molecule has 12 rings (SSSR count). The van der Waals surface area contributed by atoms with Crippen LogP contribution < -0.4 is 0 Å². The molecule has 0 saturated carbocycles. The normalized spacial score (nSPS) is 12.1. The molecule has 0 atom stereocenters. The first kappa shape index (κ1) is 36.8. The van der Waals surface area contributed by atoms with Gasteiger partial charge in [-0.3, -0.25) is 0 Å². The Morgan fingerprint density at radius 3 is 1.62 bits per heavy atom. The number of nitrogens with zero attached hydrogens (tertiary/aromatic N) is 4. The summed E-state index contributed by atoms with van der Waals surface area (Å²) in [6, 6.07) is 64.9. The van der Waals surface area contributed by atoms with Crippen LogP contribution in [-0.4, -0.2) is 19.1 Å². The molecule has 0 saturated heterocycles. The number of halogens is 3. The van der Waals surface area contributed by atoms with Gasteiger partial charge in [-0.1, -0.05) is 109 Å². The minimum atomic E-state index is -4.50. The zero-order chi connectivity index (χ0) is 42.4. The van der Waals surface area contributed by atoms with Crippen LogP contribution >= 0.6 is 0 Å². The minimum absolute atomic E-state index is 0.393. The predicted molar refractivity (Wildman–Crippen MR) is 252 cm³/mol. The van der Waals surface area contributed by atoms with Crippen molar-refractivity contribution in [1.29, 1.82) is 0 Å². The molecule has 0 fully saturated rings. The second-order valence-electron chi connectivity index (χ2n) is 16.2. The largest absolute Gasteiger partial charge is 0.416 e. The Labute approximate surface area is 359 Å². The first-order chi connectivity index (χ1) is 30.8. The number of para-hydroxylation sites is 3. The molecule has 0 amide bonds. The van der Waals surface area contributed by atoms with E-state index in [1.165, 1.54) is 22.9 Å². The molecule has 0 radical (unpaired) electrons. The third kappa shape index (κ3) is 5.84. The van der Waals surface area contributed by atoms with Crippen molar-refractivity contribution in [3.05, 3.63) is 205 Å². The van der Waals surface area contributed by atoms with Crippen molar-refractivity contribution in [2.75, 3.05) is 0 Å². The molecule has 3 aromatic heterocycles. The third-order valence-corrected chi connectivity index (χ3v) is 12.4. The second-order valence-corrected chi connectivity index (χ2v) is 16.2. The first-order valence-electron chi connectivity index (χ1n) is 20.9. The molecule has 7 heteroatoms. The molecular weight excluding hydrogens is 786 g/mol. The fraction of sp³-hybridized carbons (Fsp3) is 0.0357. The maximum Gasteiger partial charge on any atom is 0.416 e. The number of rotatable bonds is 5. The molecule has 0 unspecified atom stereocenters. The van der Waals surface area contributed by atoms with Gasteiger partial charge in [-0.2, -0.15) is 13.2 Å². The summed E-state index contributed by atoms with van der Waals surface area (Å²) >= 11 is 0. The van der Waals surface area contributed by atoms with E-state index in [2.05, 4.69) is 130 Å². The lowest BCUT2D eigenvalue weighted by Crippen LogP contribution is -2.06. The van der Waals surface area contributed by atoms with Crippen LogP contribution in [0, 0.1) is 6.92 Å².